The Labute approximate surface area is 134 Å². The number of aryl methyl sites for hydroxylation is 1. The van der Waals surface area contributed by atoms with Gasteiger partial charge in [0.2, 0.25) is 5.89 Å². The number of piperazine rings is 1. The zero-order valence-corrected chi connectivity index (χ0v) is 13.4. The van der Waals surface area contributed by atoms with E-state index in [-0.39, 0.29) is 5.91 Å². The second-order valence-electron chi connectivity index (χ2n) is 5.53. The summed E-state index contributed by atoms with van der Waals surface area (Å²) >= 11 is 0. The van der Waals surface area contributed by atoms with Crippen LogP contribution < -0.4 is 4.74 Å². The third kappa shape index (κ3) is 3.68. The number of ether oxygens (including phenoxy) is 1. The topological polar surface area (TPSA) is 71.7 Å². The zero-order valence-electron chi connectivity index (χ0n) is 13.4. The lowest BCUT2D eigenvalue weighted by atomic mass is 10.1. The molecular formula is C16H20N4O3. The molecule has 0 spiro atoms. The number of amides is 1. The van der Waals surface area contributed by atoms with Crippen molar-refractivity contribution in [2.45, 2.75) is 13.5 Å². The van der Waals surface area contributed by atoms with E-state index in [1.54, 1.807) is 38.3 Å². The quantitative estimate of drug-likeness (QED) is 0.848. The van der Waals surface area contributed by atoms with Crippen LogP contribution in [0.25, 0.3) is 0 Å². The molecule has 1 saturated heterocycles. The van der Waals surface area contributed by atoms with Crippen molar-refractivity contribution in [2.24, 2.45) is 0 Å². The summed E-state index contributed by atoms with van der Waals surface area (Å²) in [4.78, 5) is 20.8. The maximum Gasteiger partial charge on any atom is 0.253 e. The van der Waals surface area contributed by atoms with Crippen LogP contribution in [0, 0.1) is 6.92 Å². The predicted molar refractivity (Wildman–Crippen MR) is 83.2 cm³/mol. The number of hydrogen-bond donors (Lipinski definition) is 0. The van der Waals surface area contributed by atoms with Gasteiger partial charge in [-0.3, -0.25) is 9.69 Å². The van der Waals surface area contributed by atoms with Gasteiger partial charge in [-0.15, -0.1) is 0 Å². The highest BCUT2D eigenvalue weighted by Crippen LogP contribution is 2.15. The maximum atomic E-state index is 12.5. The van der Waals surface area contributed by atoms with Gasteiger partial charge >= 0.3 is 0 Å². The summed E-state index contributed by atoms with van der Waals surface area (Å²) < 4.78 is 10.3. The molecule has 1 aromatic heterocycles. The first-order chi connectivity index (χ1) is 11.2. The predicted octanol–water partition coefficient (Wildman–Crippen LogP) is 1.34. The minimum Gasteiger partial charge on any atom is -0.497 e. The number of benzene rings is 1. The molecule has 0 atom stereocenters. The average molecular weight is 316 g/mol. The number of carbonyl (C=O) groups excluding carboxylic acids is 1. The molecule has 1 amide bonds. The van der Waals surface area contributed by atoms with E-state index in [2.05, 4.69) is 15.0 Å². The Hall–Kier alpha value is -2.41. The normalized spacial score (nSPS) is 15.7. The molecule has 0 aliphatic carbocycles. The average Bonchev–Trinajstić information content (AvgIpc) is 3.00. The summed E-state index contributed by atoms with van der Waals surface area (Å²) in [6, 6.07) is 7.21. The van der Waals surface area contributed by atoms with Crippen molar-refractivity contribution in [3.63, 3.8) is 0 Å². The minimum absolute atomic E-state index is 0.0564. The van der Waals surface area contributed by atoms with Crippen LogP contribution >= 0.6 is 0 Å². The van der Waals surface area contributed by atoms with Gasteiger partial charge < -0.3 is 14.2 Å². The van der Waals surface area contributed by atoms with Gasteiger partial charge in [-0.05, 0) is 31.2 Å². The van der Waals surface area contributed by atoms with Crippen LogP contribution in [0.2, 0.25) is 0 Å². The lowest BCUT2D eigenvalue weighted by molar-refractivity contribution is 0.0615. The van der Waals surface area contributed by atoms with Crippen LogP contribution in [0.3, 0.4) is 0 Å². The highest BCUT2D eigenvalue weighted by molar-refractivity contribution is 5.94. The molecule has 2 aromatic rings. The highest BCUT2D eigenvalue weighted by atomic mass is 16.5. The molecule has 23 heavy (non-hydrogen) atoms. The lowest BCUT2D eigenvalue weighted by Gasteiger charge is -2.34. The van der Waals surface area contributed by atoms with Crippen molar-refractivity contribution in [3.8, 4) is 5.75 Å². The minimum atomic E-state index is 0.0564. The molecular weight excluding hydrogens is 296 g/mol. The first-order valence-electron chi connectivity index (χ1n) is 7.60. The van der Waals surface area contributed by atoms with Crippen molar-refractivity contribution in [3.05, 3.63) is 41.5 Å². The van der Waals surface area contributed by atoms with E-state index in [0.29, 0.717) is 36.9 Å². The number of rotatable bonds is 4. The molecule has 0 bridgehead atoms. The highest BCUT2D eigenvalue weighted by Gasteiger charge is 2.23. The van der Waals surface area contributed by atoms with Crippen molar-refractivity contribution in [1.82, 2.24) is 19.9 Å². The number of hydrogen-bond acceptors (Lipinski definition) is 6. The van der Waals surface area contributed by atoms with E-state index in [1.807, 2.05) is 4.90 Å². The summed E-state index contributed by atoms with van der Waals surface area (Å²) in [7, 11) is 1.61. The molecule has 1 aliphatic heterocycles. The van der Waals surface area contributed by atoms with Gasteiger partial charge in [0.1, 0.15) is 5.75 Å². The standard InChI is InChI=1S/C16H20N4O3/c1-12-17-15(23-18-12)11-19-7-9-20(10-8-19)16(21)13-3-5-14(22-2)6-4-13/h3-6H,7-11H2,1-2H3. The van der Waals surface area contributed by atoms with Crippen LogP contribution in [-0.4, -0.2) is 59.1 Å². The summed E-state index contributed by atoms with van der Waals surface area (Å²) in [5.41, 5.74) is 0.687. The SMILES string of the molecule is COc1ccc(C(=O)N2CCN(Cc3nc(C)no3)CC2)cc1. The number of aromatic nitrogens is 2. The fourth-order valence-electron chi connectivity index (χ4n) is 2.62. The van der Waals surface area contributed by atoms with Crippen LogP contribution in [0.5, 0.6) is 5.75 Å². The molecule has 0 unspecified atom stereocenters. The smallest absolute Gasteiger partial charge is 0.253 e. The van der Waals surface area contributed by atoms with Gasteiger partial charge in [-0.25, -0.2) is 0 Å². The Balaban J connectivity index is 1.54. The summed E-state index contributed by atoms with van der Waals surface area (Å²) in [5.74, 6) is 2.08. The molecule has 0 N–H and O–H groups in total. The Morgan fingerprint density at radius 2 is 1.91 bits per heavy atom. The van der Waals surface area contributed by atoms with E-state index >= 15 is 0 Å². The summed E-state index contributed by atoms with van der Waals surface area (Å²) in [5, 5.41) is 3.79. The molecule has 3 rings (SSSR count). The lowest BCUT2D eigenvalue weighted by Crippen LogP contribution is -2.48. The number of carbonyl (C=O) groups is 1. The molecule has 1 fully saturated rings. The Morgan fingerprint density at radius 3 is 2.48 bits per heavy atom. The van der Waals surface area contributed by atoms with Gasteiger partial charge in [0.25, 0.3) is 5.91 Å². The first kappa shape index (κ1) is 15.5. The monoisotopic (exact) mass is 316 g/mol. The van der Waals surface area contributed by atoms with Crippen LogP contribution in [0.4, 0.5) is 0 Å². The van der Waals surface area contributed by atoms with Gasteiger partial charge in [0.15, 0.2) is 5.82 Å². The molecule has 122 valence electrons. The third-order valence-corrected chi connectivity index (χ3v) is 3.92. The molecule has 2 heterocycles. The van der Waals surface area contributed by atoms with Gasteiger partial charge in [-0.1, -0.05) is 5.16 Å². The zero-order chi connectivity index (χ0) is 16.2. The van der Waals surface area contributed by atoms with Crippen molar-refractivity contribution in [1.29, 1.82) is 0 Å². The van der Waals surface area contributed by atoms with Crippen LogP contribution in [0.15, 0.2) is 28.8 Å². The Kier molecular flexibility index (Phi) is 4.57. The molecule has 0 radical (unpaired) electrons. The van der Waals surface area contributed by atoms with Gasteiger partial charge in [-0.2, -0.15) is 4.98 Å². The Morgan fingerprint density at radius 1 is 1.22 bits per heavy atom. The van der Waals surface area contributed by atoms with E-state index in [0.717, 1.165) is 18.8 Å². The summed E-state index contributed by atoms with van der Waals surface area (Å²) in [6.45, 7) is 5.41. The first-order valence-corrected chi connectivity index (χ1v) is 7.60. The van der Waals surface area contributed by atoms with E-state index in [1.165, 1.54) is 0 Å². The van der Waals surface area contributed by atoms with Gasteiger partial charge in [0.05, 0.1) is 13.7 Å². The maximum absolute atomic E-state index is 12.5. The second kappa shape index (κ2) is 6.78. The molecule has 0 saturated carbocycles. The van der Waals surface area contributed by atoms with Gasteiger partial charge in [0, 0.05) is 31.7 Å². The van der Waals surface area contributed by atoms with E-state index in [9.17, 15) is 4.79 Å². The molecule has 1 aliphatic rings. The van der Waals surface area contributed by atoms with Crippen LogP contribution in [-0.2, 0) is 6.54 Å². The van der Waals surface area contributed by atoms with Crippen LogP contribution in [0.1, 0.15) is 22.1 Å². The largest absolute Gasteiger partial charge is 0.497 e. The molecule has 1 aromatic carbocycles. The molecule has 7 nitrogen and oxygen atoms in total. The fourth-order valence-corrected chi connectivity index (χ4v) is 2.62. The van der Waals surface area contributed by atoms with E-state index in [4.69, 9.17) is 9.26 Å². The van der Waals surface area contributed by atoms with Crippen molar-refractivity contribution in [2.75, 3.05) is 33.3 Å². The number of methoxy groups -OCH3 is 1. The fraction of sp³-hybridized carbons (Fsp3) is 0.438. The Bertz CT molecular complexity index is 660. The third-order valence-electron chi connectivity index (χ3n) is 3.92. The van der Waals surface area contributed by atoms with Crippen molar-refractivity contribution < 1.29 is 14.1 Å². The second-order valence-corrected chi connectivity index (χ2v) is 5.53. The summed E-state index contributed by atoms with van der Waals surface area (Å²) in [6.07, 6.45) is 0. The molecule has 7 heteroatoms. The number of nitrogens with zero attached hydrogens (tertiary/aromatic N) is 4. The van der Waals surface area contributed by atoms with Crippen molar-refractivity contribution >= 4 is 5.91 Å². The van der Waals surface area contributed by atoms with E-state index < -0.39 is 0 Å².